The molecule has 7 nitrogen and oxygen atoms in total. The first-order valence-corrected chi connectivity index (χ1v) is 3.09. The molecule has 4 N–H and O–H groups in total. The summed E-state index contributed by atoms with van der Waals surface area (Å²) in [4.78, 5) is 28.4. The lowest BCUT2D eigenvalue weighted by atomic mass is 10.3. The van der Waals surface area contributed by atoms with Gasteiger partial charge < -0.3 is 20.4 Å². The van der Waals surface area contributed by atoms with E-state index in [1.807, 2.05) is 0 Å². The number of hydrogen-bond donors (Lipinski definition) is 4. The number of carboxylic acid groups (broad SMARTS) is 3. The standard InChI is InChI=1S/C4H6O5.C2H4O2/c5-2(4(8)9)1-3(6)7;1-2(3)4/h2,5H,1H2,(H,6,7)(H,8,9);1H3,(H,3,4)/t2-;/m0./s1. The highest BCUT2D eigenvalue weighted by molar-refractivity contribution is 5.79. The zero-order valence-corrected chi connectivity index (χ0v) is 6.80. The fourth-order valence-corrected chi connectivity index (χ4v) is 0.253. The van der Waals surface area contributed by atoms with Crippen molar-refractivity contribution in [2.45, 2.75) is 19.4 Å². The van der Waals surface area contributed by atoms with E-state index in [0.29, 0.717) is 0 Å². The molecule has 0 amide bonds. The summed E-state index contributed by atoms with van der Waals surface area (Å²) in [6, 6.07) is 0. The van der Waals surface area contributed by atoms with Crippen molar-refractivity contribution in [3.8, 4) is 0 Å². The second-order valence-corrected chi connectivity index (χ2v) is 1.97. The van der Waals surface area contributed by atoms with Crippen molar-refractivity contribution in [1.82, 2.24) is 0 Å². The van der Waals surface area contributed by atoms with Gasteiger partial charge in [0.2, 0.25) is 0 Å². The van der Waals surface area contributed by atoms with Gasteiger partial charge in [0, 0.05) is 6.92 Å². The Balaban J connectivity index is 0. The minimum Gasteiger partial charge on any atom is -0.481 e. The van der Waals surface area contributed by atoms with Gasteiger partial charge in [0.05, 0.1) is 6.42 Å². The van der Waals surface area contributed by atoms with Crippen molar-refractivity contribution >= 4 is 17.9 Å². The zero-order valence-electron chi connectivity index (χ0n) is 6.80. The van der Waals surface area contributed by atoms with E-state index in [9.17, 15) is 9.59 Å². The quantitative estimate of drug-likeness (QED) is 0.452. The van der Waals surface area contributed by atoms with Gasteiger partial charge in [0.1, 0.15) is 0 Å². The molecule has 13 heavy (non-hydrogen) atoms. The van der Waals surface area contributed by atoms with E-state index < -0.39 is 30.4 Å². The third kappa shape index (κ3) is 17.9. The average molecular weight is 194 g/mol. The molecule has 0 aromatic heterocycles. The molecule has 76 valence electrons. The van der Waals surface area contributed by atoms with E-state index in [1.165, 1.54) is 0 Å². The fraction of sp³-hybridized carbons (Fsp3) is 0.500. The molecule has 0 radical (unpaired) electrons. The number of hydrogen-bond acceptors (Lipinski definition) is 4. The van der Waals surface area contributed by atoms with E-state index in [1.54, 1.807) is 0 Å². The second-order valence-electron chi connectivity index (χ2n) is 1.97. The van der Waals surface area contributed by atoms with Crippen LogP contribution in [0.4, 0.5) is 0 Å². The minimum atomic E-state index is -1.79. The van der Waals surface area contributed by atoms with Gasteiger partial charge in [-0.3, -0.25) is 9.59 Å². The minimum absolute atomic E-state index is 0.755. The van der Waals surface area contributed by atoms with Crippen LogP contribution < -0.4 is 0 Å². The summed E-state index contributed by atoms with van der Waals surface area (Å²) in [7, 11) is 0. The lowest BCUT2D eigenvalue weighted by Crippen LogP contribution is -2.22. The van der Waals surface area contributed by atoms with Crippen molar-refractivity contribution in [2.75, 3.05) is 0 Å². The van der Waals surface area contributed by atoms with Gasteiger partial charge >= 0.3 is 11.9 Å². The summed E-state index contributed by atoms with van der Waals surface area (Å²) in [5.74, 6) is -3.68. The molecule has 0 spiro atoms. The molecule has 1 atom stereocenters. The summed E-state index contributed by atoms with van der Waals surface area (Å²) >= 11 is 0. The van der Waals surface area contributed by atoms with Crippen LogP contribution in [0.3, 0.4) is 0 Å². The third-order valence-corrected chi connectivity index (χ3v) is 0.653. The summed E-state index contributed by atoms with van der Waals surface area (Å²) in [6.07, 6.45) is -2.54. The van der Waals surface area contributed by atoms with Crippen molar-refractivity contribution in [1.29, 1.82) is 0 Å². The first-order valence-electron chi connectivity index (χ1n) is 3.09. The Morgan fingerprint density at radius 2 is 1.46 bits per heavy atom. The largest absolute Gasteiger partial charge is 0.481 e. The Morgan fingerprint density at radius 1 is 1.15 bits per heavy atom. The van der Waals surface area contributed by atoms with E-state index in [2.05, 4.69) is 0 Å². The number of carbonyl (C=O) groups is 3. The number of carboxylic acids is 3. The molecule has 0 aliphatic rings. The van der Waals surface area contributed by atoms with Crippen LogP contribution in [0.25, 0.3) is 0 Å². The summed E-state index contributed by atoms with van der Waals surface area (Å²) in [6.45, 7) is 1.08. The number of rotatable bonds is 3. The average Bonchev–Trinajstić information content (AvgIpc) is 1.83. The third-order valence-electron chi connectivity index (χ3n) is 0.653. The van der Waals surface area contributed by atoms with Gasteiger partial charge in [-0.15, -0.1) is 0 Å². The van der Waals surface area contributed by atoms with E-state index in [0.717, 1.165) is 6.92 Å². The summed E-state index contributed by atoms with van der Waals surface area (Å²) in [5.41, 5.74) is 0. The highest BCUT2D eigenvalue weighted by Gasteiger charge is 2.16. The molecule has 0 bridgehead atoms. The number of aliphatic carboxylic acids is 3. The first kappa shape index (κ1) is 13.9. The van der Waals surface area contributed by atoms with Crippen molar-refractivity contribution in [3.05, 3.63) is 0 Å². The Labute approximate surface area is 73.2 Å². The van der Waals surface area contributed by atoms with Gasteiger partial charge in [0.25, 0.3) is 5.97 Å². The maximum atomic E-state index is 9.72. The topological polar surface area (TPSA) is 132 Å². The molecule has 0 aromatic rings. The van der Waals surface area contributed by atoms with E-state index in [4.69, 9.17) is 25.2 Å². The molecule has 0 heterocycles. The highest BCUT2D eigenvalue weighted by Crippen LogP contribution is 1.89. The number of aliphatic hydroxyl groups excluding tert-OH is 1. The van der Waals surface area contributed by atoms with Crippen molar-refractivity contribution < 1.29 is 34.8 Å². The van der Waals surface area contributed by atoms with Gasteiger partial charge in [-0.25, -0.2) is 4.79 Å². The molecule has 0 aromatic carbocycles. The molecular formula is C6H10O7. The highest BCUT2D eigenvalue weighted by atomic mass is 16.4. The van der Waals surface area contributed by atoms with Crippen LogP contribution in [0.5, 0.6) is 0 Å². The van der Waals surface area contributed by atoms with Crippen LogP contribution in [-0.2, 0) is 14.4 Å². The Morgan fingerprint density at radius 3 is 1.54 bits per heavy atom. The maximum Gasteiger partial charge on any atom is 0.333 e. The molecule has 0 aliphatic carbocycles. The maximum absolute atomic E-state index is 9.72. The summed E-state index contributed by atoms with van der Waals surface area (Å²) in [5, 5.41) is 31.6. The normalized spacial score (nSPS) is 10.6. The molecule has 0 unspecified atom stereocenters. The van der Waals surface area contributed by atoms with Gasteiger partial charge in [-0.05, 0) is 0 Å². The van der Waals surface area contributed by atoms with E-state index in [-0.39, 0.29) is 0 Å². The van der Waals surface area contributed by atoms with Crippen LogP contribution >= 0.6 is 0 Å². The Kier molecular flexibility index (Phi) is 7.54. The predicted molar refractivity (Wildman–Crippen MR) is 39.2 cm³/mol. The Bertz CT molecular complexity index is 193. The first-order chi connectivity index (χ1) is 5.77. The van der Waals surface area contributed by atoms with Crippen molar-refractivity contribution in [3.63, 3.8) is 0 Å². The van der Waals surface area contributed by atoms with Crippen LogP contribution in [0.2, 0.25) is 0 Å². The van der Waals surface area contributed by atoms with Crippen LogP contribution in [0, 0.1) is 0 Å². The SMILES string of the molecule is CC(=O)O.O=C(O)C[C@H](O)C(=O)O. The molecule has 0 saturated carbocycles. The molecule has 0 fully saturated rings. The molecule has 0 saturated heterocycles. The molecule has 0 rings (SSSR count). The zero-order chi connectivity index (χ0) is 11.0. The molecule has 7 heteroatoms. The summed E-state index contributed by atoms with van der Waals surface area (Å²) < 4.78 is 0. The van der Waals surface area contributed by atoms with Gasteiger partial charge in [-0.1, -0.05) is 0 Å². The van der Waals surface area contributed by atoms with Gasteiger partial charge in [0.15, 0.2) is 6.10 Å². The monoisotopic (exact) mass is 194 g/mol. The second kappa shape index (κ2) is 7.04. The number of aliphatic hydroxyl groups is 1. The van der Waals surface area contributed by atoms with Crippen molar-refractivity contribution in [2.24, 2.45) is 0 Å². The lowest BCUT2D eigenvalue weighted by molar-refractivity contribution is -0.152. The predicted octanol–water partition coefficient (Wildman–Crippen LogP) is -1.00. The van der Waals surface area contributed by atoms with Crippen LogP contribution in [-0.4, -0.2) is 44.4 Å². The van der Waals surface area contributed by atoms with E-state index >= 15 is 0 Å². The van der Waals surface area contributed by atoms with Gasteiger partial charge in [-0.2, -0.15) is 0 Å². The fourth-order valence-electron chi connectivity index (χ4n) is 0.253. The van der Waals surface area contributed by atoms with Crippen LogP contribution in [0.15, 0.2) is 0 Å². The van der Waals surface area contributed by atoms with Crippen LogP contribution in [0.1, 0.15) is 13.3 Å². The Hall–Kier alpha value is -1.63. The molecule has 0 aliphatic heterocycles. The smallest absolute Gasteiger partial charge is 0.333 e. The lowest BCUT2D eigenvalue weighted by Gasteiger charge is -1.97. The molecular weight excluding hydrogens is 184 g/mol.